The standard InChI is InChI=1S/C18H27N3O3/c1-17(2,3)24-16(23)20-18(15(19)22)9-11-21(12-10-18)13-14-7-5-4-6-8-14/h4-8H,9-13H2,1-3H3,(H2,19,22)(H,20,23). The summed E-state index contributed by atoms with van der Waals surface area (Å²) in [5.74, 6) is -0.507. The molecule has 0 atom stereocenters. The average molecular weight is 333 g/mol. The molecule has 1 fully saturated rings. The monoisotopic (exact) mass is 333 g/mol. The van der Waals surface area contributed by atoms with E-state index in [9.17, 15) is 9.59 Å². The van der Waals surface area contributed by atoms with Gasteiger partial charge >= 0.3 is 6.09 Å². The first-order valence-corrected chi connectivity index (χ1v) is 8.28. The third kappa shape index (κ3) is 4.96. The van der Waals surface area contributed by atoms with Gasteiger partial charge in [-0.15, -0.1) is 0 Å². The Labute approximate surface area is 143 Å². The third-order valence-corrected chi connectivity index (χ3v) is 4.17. The molecule has 0 unspecified atom stereocenters. The largest absolute Gasteiger partial charge is 0.444 e. The number of carbonyl (C=O) groups excluding carboxylic acids is 2. The molecule has 1 aromatic carbocycles. The highest BCUT2D eigenvalue weighted by Gasteiger charge is 2.42. The van der Waals surface area contributed by atoms with E-state index < -0.39 is 23.1 Å². The van der Waals surface area contributed by atoms with Crippen molar-refractivity contribution in [2.75, 3.05) is 13.1 Å². The number of piperidine rings is 1. The third-order valence-electron chi connectivity index (χ3n) is 4.17. The molecule has 0 aliphatic carbocycles. The van der Waals surface area contributed by atoms with Crippen molar-refractivity contribution in [3.63, 3.8) is 0 Å². The van der Waals surface area contributed by atoms with Gasteiger partial charge in [-0.1, -0.05) is 30.3 Å². The Morgan fingerprint density at radius 3 is 2.29 bits per heavy atom. The van der Waals surface area contributed by atoms with Crippen LogP contribution in [-0.4, -0.2) is 41.1 Å². The van der Waals surface area contributed by atoms with Crippen molar-refractivity contribution in [3.8, 4) is 0 Å². The summed E-state index contributed by atoms with van der Waals surface area (Å²) < 4.78 is 5.27. The van der Waals surface area contributed by atoms with Gasteiger partial charge in [0.2, 0.25) is 5.91 Å². The minimum atomic E-state index is -1.03. The lowest BCUT2D eigenvalue weighted by atomic mass is 9.86. The first-order valence-electron chi connectivity index (χ1n) is 8.28. The number of nitrogens with zero attached hydrogens (tertiary/aromatic N) is 1. The lowest BCUT2D eigenvalue weighted by Crippen LogP contribution is -2.62. The number of rotatable bonds is 4. The molecule has 1 saturated heterocycles. The zero-order valence-electron chi connectivity index (χ0n) is 14.7. The highest BCUT2D eigenvalue weighted by Crippen LogP contribution is 2.24. The Morgan fingerprint density at radius 2 is 1.79 bits per heavy atom. The molecule has 2 amide bonds. The summed E-state index contributed by atoms with van der Waals surface area (Å²) in [6, 6.07) is 10.2. The number of amides is 2. The van der Waals surface area contributed by atoms with Gasteiger partial charge in [0.15, 0.2) is 0 Å². The Kier molecular flexibility index (Phi) is 5.49. The number of ether oxygens (including phenoxy) is 1. The van der Waals surface area contributed by atoms with Crippen LogP contribution in [0.3, 0.4) is 0 Å². The van der Waals surface area contributed by atoms with Gasteiger partial charge in [-0.05, 0) is 39.2 Å². The number of alkyl carbamates (subject to hydrolysis) is 1. The van der Waals surface area contributed by atoms with E-state index in [0.717, 1.165) is 6.54 Å². The number of carbonyl (C=O) groups is 2. The van der Waals surface area contributed by atoms with Gasteiger partial charge in [0.25, 0.3) is 0 Å². The lowest BCUT2D eigenvalue weighted by molar-refractivity contribution is -0.126. The molecular weight excluding hydrogens is 306 g/mol. The lowest BCUT2D eigenvalue weighted by Gasteiger charge is -2.40. The fraction of sp³-hybridized carbons (Fsp3) is 0.556. The molecule has 6 nitrogen and oxygen atoms in total. The van der Waals surface area contributed by atoms with Gasteiger partial charge in [-0.25, -0.2) is 4.79 Å². The van der Waals surface area contributed by atoms with E-state index in [-0.39, 0.29) is 0 Å². The number of nitrogens with one attached hydrogen (secondary N) is 1. The van der Waals surface area contributed by atoms with Gasteiger partial charge < -0.3 is 15.8 Å². The molecule has 1 aromatic rings. The molecule has 0 saturated carbocycles. The minimum absolute atomic E-state index is 0.481. The number of primary amides is 1. The molecule has 3 N–H and O–H groups in total. The normalized spacial score (nSPS) is 18.0. The number of nitrogens with two attached hydrogens (primary N) is 1. The second kappa shape index (κ2) is 7.21. The maximum atomic E-state index is 12.1. The molecule has 6 heteroatoms. The number of hydrogen-bond acceptors (Lipinski definition) is 4. The Morgan fingerprint density at radius 1 is 1.21 bits per heavy atom. The van der Waals surface area contributed by atoms with E-state index in [1.54, 1.807) is 20.8 Å². The molecule has 0 radical (unpaired) electrons. The van der Waals surface area contributed by atoms with Gasteiger partial charge in [0, 0.05) is 19.6 Å². The quantitative estimate of drug-likeness (QED) is 0.883. The minimum Gasteiger partial charge on any atom is -0.444 e. The van der Waals surface area contributed by atoms with E-state index in [1.807, 2.05) is 18.2 Å². The topological polar surface area (TPSA) is 84.7 Å². The highest BCUT2D eigenvalue weighted by atomic mass is 16.6. The summed E-state index contributed by atoms with van der Waals surface area (Å²) in [5.41, 5.74) is 5.16. The van der Waals surface area contributed by atoms with Crippen LogP contribution >= 0.6 is 0 Å². The summed E-state index contributed by atoms with van der Waals surface area (Å²) >= 11 is 0. The first-order chi connectivity index (χ1) is 11.2. The molecule has 24 heavy (non-hydrogen) atoms. The summed E-state index contributed by atoms with van der Waals surface area (Å²) in [7, 11) is 0. The van der Waals surface area contributed by atoms with Gasteiger partial charge in [0.1, 0.15) is 11.1 Å². The van der Waals surface area contributed by atoms with Crippen LogP contribution in [0.1, 0.15) is 39.2 Å². The van der Waals surface area contributed by atoms with Crippen LogP contribution in [0.2, 0.25) is 0 Å². The fourth-order valence-corrected chi connectivity index (χ4v) is 2.87. The van der Waals surface area contributed by atoms with Crippen molar-refractivity contribution in [1.29, 1.82) is 0 Å². The average Bonchev–Trinajstić information content (AvgIpc) is 2.48. The molecule has 2 rings (SSSR count). The van der Waals surface area contributed by atoms with Crippen molar-refractivity contribution in [3.05, 3.63) is 35.9 Å². The maximum Gasteiger partial charge on any atom is 0.408 e. The molecule has 0 spiro atoms. The van der Waals surface area contributed by atoms with Gasteiger partial charge in [0.05, 0.1) is 0 Å². The summed E-state index contributed by atoms with van der Waals surface area (Å²) in [5, 5.41) is 2.71. The molecular formula is C18H27N3O3. The SMILES string of the molecule is CC(C)(C)OC(=O)NC1(C(N)=O)CCN(Cc2ccccc2)CC1. The molecule has 1 heterocycles. The van der Waals surface area contributed by atoms with Crippen LogP contribution in [0.25, 0.3) is 0 Å². The molecule has 1 aliphatic heterocycles. The van der Waals surface area contributed by atoms with Crippen molar-refractivity contribution in [2.45, 2.75) is 51.3 Å². The van der Waals surface area contributed by atoms with Crippen LogP contribution in [0.5, 0.6) is 0 Å². The van der Waals surface area contributed by atoms with E-state index in [0.29, 0.717) is 25.9 Å². The van der Waals surface area contributed by atoms with E-state index in [4.69, 9.17) is 10.5 Å². The zero-order chi connectivity index (χ0) is 17.8. The van der Waals surface area contributed by atoms with Crippen molar-refractivity contribution in [2.24, 2.45) is 5.73 Å². The van der Waals surface area contributed by atoms with E-state index in [1.165, 1.54) is 5.56 Å². The van der Waals surface area contributed by atoms with Crippen LogP contribution in [0.4, 0.5) is 4.79 Å². The maximum absolute atomic E-state index is 12.1. The number of benzene rings is 1. The second-order valence-electron chi connectivity index (χ2n) is 7.33. The van der Waals surface area contributed by atoms with Crippen LogP contribution in [0.15, 0.2) is 30.3 Å². The van der Waals surface area contributed by atoms with E-state index >= 15 is 0 Å². The second-order valence-corrected chi connectivity index (χ2v) is 7.33. The molecule has 0 bridgehead atoms. The van der Waals surface area contributed by atoms with Crippen molar-refractivity contribution < 1.29 is 14.3 Å². The Bertz CT molecular complexity index is 573. The smallest absolute Gasteiger partial charge is 0.408 e. The van der Waals surface area contributed by atoms with E-state index in [2.05, 4.69) is 22.3 Å². The summed E-state index contributed by atoms with van der Waals surface area (Å²) in [4.78, 5) is 26.3. The van der Waals surface area contributed by atoms with Crippen molar-refractivity contribution >= 4 is 12.0 Å². The molecule has 132 valence electrons. The number of hydrogen-bond donors (Lipinski definition) is 2. The predicted molar refractivity (Wildman–Crippen MR) is 92.2 cm³/mol. The van der Waals surface area contributed by atoms with Crippen LogP contribution in [-0.2, 0) is 16.1 Å². The molecule has 0 aromatic heterocycles. The molecule has 1 aliphatic rings. The summed E-state index contributed by atoms with van der Waals surface area (Å²) in [6.45, 7) is 7.55. The van der Waals surface area contributed by atoms with Crippen LogP contribution in [0, 0.1) is 0 Å². The Hall–Kier alpha value is -2.08. The van der Waals surface area contributed by atoms with Gasteiger partial charge in [-0.3, -0.25) is 9.69 Å². The highest BCUT2D eigenvalue weighted by molar-refractivity contribution is 5.88. The zero-order valence-corrected chi connectivity index (χ0v) is 14.7. The van der Waals surface area contributed by atoms with Crippen LogP contribution < -0.4 is 11.1 Å². The van der Waals surface area contributed by atoms with Crippen molar-refractivity contribution in [1.82, 2.24) is 10.2 Å². The van der Waals surface area contributed by atoms with Gasteiger partial charge in [-0.2, -0.15) is 0 Å². The summed E-state index contributed by atoms with van der Waals surface area (Å²) in [6.07, 6.45) is 0.362. The first kappa shape index (κ1) is 18.3. The Balaban J connectivity index is 1.96. The number of likely N-dealkylation sites (tertiary alicyclic amines) is 1. The fourth-order valence-electron chi connectivity index (χ4n) is 2.87. The predicted octanol–water partition coefficient (Wildman–Crippen LogP) is 2.03.